The Morgan fingerprint density at radius 1 is 1.26 bits per heavy atom. The standard InChI is InChI=1S/C23H29FN4O3/c1-3-25-23(27-14-22(29)28-19-6-4-5-18(24)12-19)26-13-17-8-7-16(2)11-21(17)31-20-9-10-30-15-20/h4-8,11-12,20H,3,9-10,13-15H2,1-2H3,(H,28,29)(H2,25,26,27). The molecule has 1 heterocycles. The van der Waals surface area contributed by atoms with Gasteiger partial charge in [-0.2, -0.15) is 0 Å². The molecular weight excluding hydrogens is 399 g/mol. The number of benzene rings is 2. The summed E-state index contributed by atoms with van der Waals surface area (Å²) in [6.07, 6.45) is 0.934. The fourth-order valence-corrected chi connectivity index (χ4v) is 3.13. The number of nitrogens with zero attached hydrogens (tertiary/aromatic N) is 1. The molecule has 0 bridgehead atoms. The molecule has 1 unspecified atom stereocenters. The van der Waals surface area contributed by atoms with Crippen molar-refractivity contribution in [2.45, 2.75) is 32.9 Å². The normalized spacial score (nSPS) is 16.1. The van der Waals surface area contributed by atoms with Gasteiger partial charge in [-0.1, -0.05) is 18.2 Å². The third-order valence-corrected chi connectivity index (χ3v) is 4.68. The fourth-order valence-electron chi connectivity index (χ4n) is 3.13. The van der Waals surface area contributed by atoms with E-state index in [0.29, 0.717) is 31.3 Å². The third-order valence-electron chi connectivity index (χ3n) is 4.68. The first kappa shape index (κ1) is 22.6. The van der Waals surface area contributed by atoms with Crippen LogP contribution in [0.1, 0.15) is 24.5 Å². The Morgan fingerprint density at radius 2 is 2.13 bits per heavy atom. The molecule has 1 amide bonds. The Labute approximate surface area is 182 Å². The second-order valence-electron chi connectivity index (χ2n) is 7.32. The molecule has 3 N–H and O–H groups in total. The van der Waals surface area contributed by atoms with Crippen molar-refractivity contribution in [2.24, 2.45) is 4.99 Å². The molecule has 0 aliphatic carbocycles. The molecule has 8 heteroatoms. The number of carbonyl (C=O) groups excluding carboxylic acids is 1. The first-order valence-corrected chi connectivity index (χ1v) is 10.4. The van der Waals surface area contributed by atoms with Gasteiger partial charge in [0.25, 0.3) is 0 Å². The summed E-state index contributed by atoms with van der Waals surface area (Å²) in [5.74, 6) is 0.615. The molecule has 0 spiro atoms. The predicted octanol–water partition coefficient (Wildman–Crippen LogP) is 3.00. The van der Waals surface area contributed by atoms with Crippen LogP contribution in [0.15, 0.2) is 47.5 Å². The van der Waals surface area contributed by atoms with E-state index in [9.17, 15) is 9.18 Å². The number of rotatable bonds is 8. The Kier molecular flexibility index (Phi) is 8.23. The van der Waals surface area contributed by atoms with E-state index in [1.807, 2.05) is 32.0 Å². The van der Waals surface area contributed by atoms with E-state index < -0.39 is 5.82 Å². The van der Waals surface area contributed by atoms with Gasteiger partial charge in [0.2, 0.25) is 5.91 Å². The van der Waals surface area contributed by atoms with Crippen LogP contribution in [0.25, 0.3) is 0 Å². The highest BCUT2D eigenvalue weighted by atomic mass is 19.1. The molecule has 3 rings (SSSR count). The molecule has 2 aromatic carbocycles. The van der Waals surface area contributed by atoms with E-state index in [0.717, 1.165) is 29.9 Å². The van der Waals surface area contributed by atoms with Gasteiger partial charge in [0, 0.05) is 24.2 Å². The molecule has 1 fully saturated rings. The summed E-state index contributed by atoms with van der Waals surface area (Å²) in [7, 11) is 0. The SMILES string of the molecule is CCNC(=NCc1ccc(C)cc1OC1CCOC1)NCC(=O)Nc1cccc(F)c1. The van der Waals surface area contributed by atoms with Gasteiger partial charge in [-0.05, 0) is 43.7 Å². The van der Waals surface area contributed by atoms with E-state index in [4.69, 9.17) is 9.47 Å². The smallest absolute Gasteiger partial charge is 0.243 e. The Hall–Kier alpha value is -3.13. The van der Waals surface area contributed by atoms with E-state index in [2.05, 4.69) is 20.9 Å². The average Bonchev–Trinajstić information content (AvgIpc) is 3.24. The highest BCUT2D eigenvalue weighted by molar-refractivity contribution is 5.94. The van der Waals surface area contributed by atoms with Gasteiger partial charge in [-0.15, -0.1) is 0 Å². The number of hydrogen-bond acceptors (Lipinski definition) is 4. The first-order valence-electron chi connectivity index (χ1n) is 10.4. The minimum absolute atomic E-state index is 0.000978. The molecule has 1 atom stereocenters. The van der Waals surface area contributed by atoms with Crippen molar-refractivity contribution in [1.29, 1.82) is 0 Å². The summed E-state index contributed by atoms with van der Waals surface area (Å²) in [6, 6.07) is 11.8. The molecule has 31 heavy (non-hydrogen) atoms. The quantitative estimate of drug-likeness (QED) is 0.445. The summed E-state index contributed by atoms with van der Waals surface area (Å²) in [5, 5.41) is 8.78. The van der Waals surface area contributed by atoms with Crippen molar-refractivity contribution in [3.8, 4) is 5.75 Å². The predicted molar refractivity (Wildman–Crippen MR) is 119 cm³/mol. The van der Waals surface area contributed by atoms with Crippen molar-refractivity contribution in [2.75, 3.05) is 31.6 Å². The lowest BCUT2D eigenvalue weighted by atomic mass is 10.1. The van der Waals surface area contributed by atoms with Crippen molar-refractivity contribution >= 4 is 17.6 Å². The number of nitrogens with one attached hydrogen (secondary N) is 3. The Morgan fingerprint density at radius 3 is 2.87 bits per heavy atom. The monoisotopic (exact) mass is 428 g/mol. The maximum Gasteiger partial charge on any atom is 0.243 e. The fraction of sp³-hybridized carbons (Fsp3) is 0.391. The van der Waals surface area contributed by atoms with Gasteiger partial charge in [0.05, 0.1) is 26.3 Å². The molecule has 0 saturated carbocycles. The second kappa shape index (κ2) is 11.3. The summed E-state index contributed by atoms with van der Waals surface area (Å²) in [5.41, 5.74) is 2.48. The van der Waals surface area contributed by atoms with Crippen molar-refractivity contribution < 1.29 is 18.7 Å². The molecule has 0 radical (unpaired) electrons. The highest BCUT2D eigenvalue weighted by Crippen LogP contribution is 2.24. The Bertz CT molecular complexity index is 913. The summed E-state index contributed by atoms with van der Waals surface area (Å²) >= 11 is 0. The molecule has 7 nitrogen and oxygen atoms in total. The number of aliphatic imine (C=N–C) groups is 1. The number of aryl methyl sites for hydroxylation is 1. The van der Waals surface area contributed by atoms with Crippen LogP contribution in [0, 0.1) is 12.7 Å². The van der Waals surface area contributed by atoms with Crippen molar-refractivity contribution in [3.63, 3.8) is 0 Å². The third kappa shape index (κ3) is 7.25. The van der Waals surface area contributed by atoms with Gasteiger partial charge < -0.3 is 25.4 Å². The zero-order chi connectivity index (χ0) is 22.1. The van der Waals surface area contributed by atoms with Crippen LogP contribution < -0.4 is 20.7 Å². The van der Waals surface area contributed by atoms with Crippen LogP contribution in [-0.2, 0) is 16.1 Å². The number of halogens is 1. The summed E-state index contributed by atoms with van der Waals surface area (Å²) < 4.78 is 24.8. The van der Waals surface area contributed by atoms with E-state index in [-0.39, 0.29) is 18.6 Å². The molecule has 1 aliphatic rings. The lowest BCUT2D eigenvalue weighted by Crippen LogP contribution is -2.41. The van der Waals surface area contributed by atoms with Crippen molar-refractivity contribution in [3.05, 3.63) is 59.4 Å². The average molecular weight is 429 g/mol. The zero-order valence-electron chi connectivity index (χ0n) is 17.9. The zero-order valence-corrected chi connectivity index (χ0v) is 17.9. The van der Waals surface area contributed by atoms with Crippen molar-refractivity contribution in [1.82, 2.24) is 10.6 Å². The largest absolute Gasteiger partial charge is 0.488 e. The van der Waals surface area contributed by atoms with E-state index in [1.54, 1.807) is 12.1 Å². The number of guanidine groups is 1. The molecule has 1 aliphatic heterocycles. The summed E-state index contributed by atoms with van der Waals surface area (Å²) in [6.45, 7) is 6.33. The van der Waals surface area contributed by atoms with Crippen LogP contribution in [0.2, 0.25) is 0 Å². The maximum absolute atomic E-state index is 13.3. The summed E-state index contributed by atoms with van der Waals surface area (Å²) in [4.78, 5) is 16.8. The van der Waals surface area contributed by atoms with Crippen LogP contribution in [0.3, 0.4) is 0 Å². The van der Waals surface area contributed by atoms with Crippen LogP contribution >= 0.6 is 0 Å². The topological polar surface area (TPSA) is 84.0 Å². The molecule has 0 aromatic heterocycles. The van der Waals surface area contributed by atoms with Crippen LogP contribution in [-0.4, -0.2) is 44.3 Å². The maximum atomic E-state index is 13.3. The Balaban J connectivity index is 1.60. The van der Waals surface area contributed by atoms with Gasteiger partial charge >= 0.3 is 0 Å². The highest BCUT2D eigenvalue weighted by Gasteiger charge is 2.18. The number of ether oxygens (including phenoxy) is 2. The number of hydrogen-bond donors (Lipinski definition) is 3. The minimum Gasteiger partial charge on any atom is -0.488 e. The minimum atomic E-state index is -0.402. The number of amides is 1. The van der Waals surface area contributed by atoms with Gasteiger partial charge in [-0.3, -0.25) is 4.79 Å². The molecule has 166 valence electrons. The molecular formula is C23H29FN4O3. The number of anilines is 1. The molecule has 2 aromatic rings. The molecule has 1 saturated heterocycles. The van der Waals surface area contributed by atoms with Crippen LogP contribution in [0.4, 0.5) is 10.1 Å². The van der Waals surface area contributed by atoms with Gasteiger partial charge in [0.15, 0.2) is 5.96 Å². The lowest BCUT2D eigenvalue weighted by molar-refractivity contribution is -0.115. The second-order valence-corrected chi connectivity index (χ2v) is 7.32. The van der Waals surface area contributed by atoms with E-state index in [1.165, 1.54) is 12.1 Å². The first-order chi connectivity index (χ1) is 15.0. The lowest BCUT2D eigenvalue weighted by Gasteiger charge is -2.16. The van der Waals surface area contributed by atoms with Crippen LogP contribution in [0.5, 0.6) is 5.75 Å². The number of carbonyl (C=O) groups is 1. The van der Waals surface area contributed by atoms with E-state index >= 15 is 0 Å². The van der Waals surface area contributed by atoms with Gasteiger partial charge in [0.1, 0.15) is 17.7 Å². The van der Waals surface area contributed by atoms with Gasteiger partial charge in [-0.25, -0.2) is 9.38 Å².